The van der Waals surface area contributed by atoms with Crippen LogP contribution in [-0.2, 0) is 4.79 Å². The normalized spacial score (nSPS) is 9.19. The predicted octanol–water partition coefficient (Wildman–Crippen LogP) is 2.06. The van der Waals surface area contributed by atoms with Crippen molar-refractivity contribution in [3.05, 3.63) is 27.7 Å². The lowest BCUT2D eigenvalue weighted by atomic mass is 10.2. The number of nitrogens with one attached hydrogen (secondary N) is 1. The van der Waals surface area contributed by atoms with E-state index in [1.54, 1.807) is 12.1 Å². The minimum atomic E-state index is -0.129. The number of halogens is 2. The molecule has 0 saturated heterocycles. The first kappa shape index (κ1) is 12.7. The average Bonchev–Trinajstić information content (AvgIpc) is 2.19. The Morgan fingerprint density at radius 1 is 1.44 bits per heavy atom. The quantitative estimate of drug-likeness (QED) is 0.597. The van der Waals surface area contributed by atoms with Crippen molar-refractivity contribution in [3.8, 4) is 11.8 Å². The molecule has 0 atom stereocenters. The third kappa shape index (κ3) is 3.65. The Kier molecular flexibility index (Phi) is 4.48. The van der Waals surface area contributed by atoms with E-state index in [9.17, 15) is 4.79 Å². The smallest absolute Gasteiger partial charge is 0.217 e. The number of benzene rings is 1. The van der Waals surface area contributed by atoms with Crippen LogP contribution in [0.3, 0.4) is 0 Å². The summed E-state index contributed by atoms with van der Waals surface area (Å²) in [5.41, 5.74) is 6.57. The van der Waals surface area contributed by atoms with E-state index in [1.807, 2.05) is 0 Å². The first-order valence-corrected chi connectivity index (χ1v) is 5.24. The molecule has 1 aromatic carbocycles. The highest BCUT2D eigenvalue weighted by atomic mass is 35.5. The molecule has 0 fully saturated rings. The zero-order valence-electron chi connectivity index (χ0n) is 8.60. The van der Waals surface area contributed by atoms with Gasteiger partial charge in [-0.15, -0.1) is 0 Å². The second kappa shape index (κ2) is 5.64. The topological polar surface area (TPSA) is 55.1 Å². The van der Waals surface area contributed by atoms with Crippen LogP contribution in [0, 0.1) is 11.8 Å². The zero-order valence-corrected chi connectivity index (χ0v) is 10.1. The molecule has 0 aliphatic rings. The second-order valence-corrected chi connectivity index (χ2v) is 3.88. The number of carbonyl (C=O) groups excluding carboxylic acids is 1. The summed E-state index contributed by atoms with van der Waals surface area (Å²) in [4.78, 5) is 10.6. The first-order valence-electron chi connectivity index (χ1n) is 4.48. The molecule has 0 aromatic heterocycles. The van der Waals surface area contributed by atoms with Gasteiger partial charge in [-0.1, -0.05) is 35.0 Å². The zero-order chi connectivity index (χ0) is 12.1. The summed E-state index contributed by atoms with van der Waals surface area (Å²) in [7, 11) is 0. The van der Waals surface area contributed by atoms with Crippen LogP contribution >= 0.6 is 23.2 Å². The molecule has 84 valence electrons. The van der Waals surface area contributed by atoms with E-state index in [0.717, 1.165) is 0 Å². The van der Waals surface area contributed by atoms with Crippen LogP contribution in [0.15, 0.2) is 12.1 Å². The van der Waals surface area contributed by atoms with Crippen molar-refractivity contribution in [2.45, 2.75) is 6.92 Å². The van der Waals surface area contributed by atoms with Gasteiger partial charge in [0.25, 0.3) is 0 Å². The van der Waals surface area contributed by atoms with Gasteiger partial charge in [-0.3, -0.25) is 4.79 Å². The molecule has 0 bridgehead atoms. The highest BCUT2D eigenvalue weighted by Gasteiger charge is 2.02. The second-order valence-electron chi connectivity index (χ2n) is 3.07. The fourth-order valence-corrected chi connectivity index (χ4v) is 1.35. The van der Waals surface area contributed by atoms with Crippen molar-refractivity contribution in [3.63, 3.8) is 0 Å². The van der Waals surface area contributed by atoms with Gasteiger partial charge in [-0.05, 0) is 12.1 Å². The van der Waals surface area contributed by atoms with Gasteiger partial charge in [0.2, 0.25) is 5.91 Å². The number of anilines is 1. The Morgan fingerprint density at radius 3 is 2.75 bits per heavy atom. The molecule has 1 amide bonds. The third-order valence-corrected chi connectivity index (χ3v) is 2.38. The van der Waals surface area contributed by atoms with E-state index in [4.69, 9.17) is 28.9 Å². The predicted molar refractivity (Wildman–Crippen MR) is 66.4 cm³/mol. The lowest BCUT2D eigenvalue weighted by Gasteiger charge is -2.00. The van der Waals surface area contributed by atoms with E-state index in [0.29, 0.717) is 21.3 Å². The fourth-order valence-electron chi connectivity index (χ4n) is 0.966. The molecule has 1 aromatic rings. The number of amides is 1. The van der Waals surface area contributed by atoms with Crippen LogP contribution in [0.25, 0.3) is 0 Å². The SMILES string of the molecule is CC(=O)NCC#Cc1cc(Cl)c(N)cc1Cl. The molecule has 3 nitrogen and oxygen atoms in total. The van der Waals surface area contributed by atoms with Crippen molar-refractivity contribution in [2.24, 2.45) is 0 Å². The summed E-state index contributed by atoms with van der Waals surface area (Å²) < 4.78 is 0. The number of rotatable bonds is 1. The number of carbonyl (C=O) groups is 1. The summed E-state index contributed by atoms with van der Waals surface area (Å²) in [6.07, 6.45) is 0. The maximum absolute atomic E-state index is 10.6. The van der Waals surface area contributed by atoms with Crippen molar-refractivity contribution < 1.29 is 4.79 Å². The van der Waals surface area contributed by atoms with Crippen LogP contribution in [0.1, 0.15) is 12.5 Å². The highest BCUT2D eigenvalue weighted by molar-refractivity contribution is 6.35. The fraction of sp³-hybridized carbons (Fsp3) is 0.182. The molecular weight excluding hydrogens is 247 g/mol. The van der Waals surface area contributed by atoms with E-state index in [2.05, 4.69) is 17.2 Å². The molecule has 1 rings (SSSR count). The molecule has 0 aliphatic heterocycles. The molecule has 0 unspecified atom stereocenters. The van der Waals surface area contributed by atoms with Gasteiger partial charge < -0.3 is 11.1 Å². The van der Waals surface area contributed by atoms with Crippen LogP contribution in [0.5, 0.6) is 0 Å². The minimum Gasteiger partial charge on any atom is -0.397 e. The van der Waals surface area contributed by atoms with Gasteiger partial charge in [0.05, 0.1) is 22.3 Å². The molecule has 0 aliphatic carbocycles. The molecule has 5 heteroatoms. The third-order valence-electron chi connectivity index (χ3n) is 1.74. The molecule has 16 heavy (non-hydrogen) atoms. The summed E-state index contributed by atoms with van der Waals surface area (Å²) in [5, 5.41) is 3.40. The number of hydrogen-bond donors (Lipinski definition) is 2. The van der Waals surface area contributed by atoms with E-state index >= 15 is 0 Å². The van der Waals surface area contributed by atoms with Gasteiger partial charge in [0.1, 0.15) is 0 Å². The lowest BCUT2D eigenvalue weighted by Crippen LogP contribution is -2.19. The van der Waals surface area contributed by atoms with Gasteiger partial charge in [-0.2, -0.15) is 0 Å². The summed E-state index contributed by atoms with van der Waals surface area (Å²) in [5.74, 6) is 5.43. The maximum Gasteiger partial charge on any atom is 0.217 e. The van der Waals surface area contributed by atoms with Gasteiger partial charge in [-0.25, -0.2) is 0 Å². The van der Waals surface area contributed by atoms with Crippen LogP contribution in [0.4, 0.5) is 5.69 Å². The molecule has 0 heterocycles. The van der Waals surface area contributed by atoms with Gasteiger partial charge >= 0.3 is 0 Å². The number of nitrogen functional groups attached to an aromatic ring is 1. The Labute approximate surface area is 104 Å². The lowest BCUT2D eigenvalue weighted by molar-refractivity contribution is -0.118. The Morgan fingerprint density at radius 2 is 2.12 bits per heavy atom. The molecule has 0 saturated carbocycles. The van der Waals surface area contributed by atoms with Crippen molar-refractivity contribution in [2.75, 3.05) is 12.3 Å². The summed E-state index contributed by atoms with van der Waals surface area (Å²) >= 11 is 11.7. The van der Waals surface area contributed by atoms with E-state index in [1.165, 1.54) is 6.92 Å². The van der Waals surface area contributed by atoms with Crippen LogP contribution < -0.4 is 11.1 Å². The maximum atomic E-state index is 10.6. The van der Waals surface area contributed by atoms with Crippen molar-refractivity contribution in [1.82, 2.24) is 5.32 Å². The molecular formula is C11H10Cl2N2O. The molecule has 0 spiro atoms. The Balaban J connectivity index is 2.81. The average molecular weight is 257 g/mol. The monoisotopic (exact) mass is 256 g/mol. The van der Waals surface area contributed by atoms with Crippen LogP contribution in [0.2, 0.25) is 10.0 Å². The van der Waals surface area contributed by atoms with Crippen molar-refractivity contribution >= 4 is 34.8 Å². The van der Waals surface area contributed by atoms with Gasteiger partial charge in [0.15, 0.2) is 0 Å². The standard InChI is InChI=1S/C11H10Cl2N2O/c1-7(16)15-4-2-3-8-5-10(13)11(14)6-9(8)12/h5-6H,4,14H2,1H3,(H,15,16). The molecule has 3 N–H and O–H groups in total. The van der Waals surface area contributed by atoms with Gasteiger partial charge in [0, 0.05) is 12.5 Å². The van der Waals surface area contributed by atoms with E-state index in [-0.39, 0.29) is 12.5 Å². The number of nitrogens with two attached hydrogens (primary N) is 1. The highest BCUT2D eigenvalue weighted by Crippen LogP contribution is 2.26. The Bertz CT molecular complexity index is 475. The summed E-state index contributed by atoms with van der Waals surface area (Å²) in [6.45, 7) is 1.70. The van der Waals surface area contributed by atoms with Crippen molar-refractivity contribution in [1.29, 1.82) is 0 Å². The first-order chi connectivity index (χ1) is 7.50. The number of hydrogen-bond acceptors (Lipinski definition) is 2. The van der Waals surface area contributed by atoms with E-state index < -0.39 is 0 Å². The minimum absolute atomic E-state index is 0.129. The molecule has 0 radical (unpaired) electrons. The van der Waals surface area contributed by atoms with Crippen LogP contribution in [-0.4, -0.2) is 12.5 Å². The Hall–Kier alpha value is -1.37. The summed E-state index contributed by atoms with van der Waals surface area (Å²) in [6, 6.07) is 3.15. The largest absolute Gasteiger partial charge is 0.397 e.